The van der Waals surface area contributed by atoms with Gasteiger partial charge in [-0.1, -0.05) is 0 Å². The van der Waals surface area contributed by atoms with Crippen LogP contribution in [-0.2, 0) is 0 Å². The lowest BCUT2D eigenvalue weighted by Gasteiger charge is -1.95. The van der Waals surface area contributed by atoms with Crippen molar-refractivity contribution < 1.29 is 10.0 Å². The number of rotatable bonds is 3. The highest BCUT2D eigenvalue weighted by Crippen LogP contribution is 1.98. The van der Waals surface area contributed by atoms with E-state index in [4.69, 9.17) is 5.11 Å². The highest BCUT2D eigenvalue weighted by atomic mass is 16.6. The molecule has 0 aliphatic rings. The topological polar surface area (TPSA) is 63.4 Å². The Bertz CT molecular complexity index is 151. The summed E-state index contributed by atoms with van der Waals surface area (Å²) < 4.78 is 0. The van der Waals surface area contributed by atoms with Crippen LogP contribution in [0.5, 0.6) is 0 Å². The van der Waals surface area contributed by atoms with Crippen LogP contribution in [-0.4, -0.2) is 16.1 Å². The Morgan fingerprint density at radius 1 is 1.90 bits per heavy atom. The van der Waals surface area contributed by atoms with Crippen molar-refractivity contribution in [1.29, 1.82) is 0 Å². The van der Waals surface area contributed by atoms with Crippen molar-refractivity contribution in [2.75, 3.05) is 0 Å². The van der Waals surface area contributed by atoms with Crippen molar-refractivity contribution in [3.05, 3.63) is 21.9 Å². The summed E-state index contributed by atoms with van der Waals surface area (Å²) in [6.07, 6.45) is 1.24. The normalized spacial score (nSPS) is 14.9. The average Bonchev–Trinajstić information content (AvgIpc) is 1.82. The van der Waals surface area contributed by atoms with Crippen LogP contribution in [0.2, 0.25) is 0 Å². The fourth-order valence-electron chi connectivity index (χ4n) is 0.416. The molecule has 4 nitrogen and oxygen atoms in total. The Kier molecular flexibility index (Phi) is 3.64. The summed E-state index contributed by atoms with van der Waals surface area (Å²) >= 11 is 0. The van der Waals surface area contributed by atoms with E-state index in [1.807, 2.05) is 0 Å². The van der Waals surface area contributed by atoms with E-state index in [1.54, 1.807) is 6.92 Å². The third kappa shape index (κ3) is 4.03. The molecular weight excluding hydrogens is 134 g/mol. The standard InChI is InChI=1S/C6H11NO3/c1-5(7(9)10)3-4-6(2)8/h3,6,8H,4H2,1-2H3. The van der Waals surface area contributed by atoms with Gasteiger partial charge in [-0.05, 0) is 19.4 Å². The molecule has 0 rings (SSSR count). The summed E-state index contributed by atoms with van der Waals surface area (Å²) in [6.45, 7) is 2.99. The summed E-state index contributed by atoms with van der Waals surface area (Å²) in [7, 11) is 0. The van der Waals surface area contributed by atoms with Gasteiger partial charge in [-0.25, -0.2) is 0 Å². The van der Waals surface area contributed by atoms with E-state index in [-0.39, 0.29) is 5.70 Å². The molecule has 0 radical (unpaired) electrons. The maximum absolute atomic E-state index is 9.97. The quantitative estimate of drug-likeness (QED) is 0.474. The second-order valence-electron chi connectivity index (χ2n) is 2.19. The van der Waals surface area contributed by atoms with Gasteiger partial charge >= 0.3 is 0 Å². The Morgan fingerprint density at radius 2 is 2.40 bits per heavy atom. The van der Waals surface area contributed by atoms with Gasteiger partial charge in [0.15, 0.2) is 0 Å². The molecule has 0 aliphatic carbocycles. The molecule has 0 saturated heterocycles. The maximum Gasteiger partial charge on any atom is 0.239 e. The van der Waals surface area contributed by atoms with Crippen LogP contribution >= 0.6 is 0 Å². The van der Waals surface area contributed by atoms with E-state index in [9.17, 15) is 10.1 Å². The zero-order chi connectivity index (χ0) is 8.15. The van der Waals surface area contributed by atoms with Crippen molar-refractivity contribution in [3.63, 3.8) is 0 Å². The minimum atomic E-state index is -0.505. The fraction of sp³-hybridized carbons (Fsp3) is 0.667. The number of nitro groups is 1. The second-order valence-corrected chi connectivity index (χ2v) is 2.19. The first-order chi connectivity index (χ1) is 4.54. The second kappa shape index (κ2) is 4.00. The minimum Gasteiger partial charge on any atom is -0.393 e. The third-order valence-electron chi connectivity index (χ3n) is 1.04. The van der Waals surface area contributed by atoms with Crippen LogP contribution in [0.1, 0.15) is 20.3 Å². The van der Waals surface area contributed by atoms with E-state index in [2.05, 4.69) is 0 Å². The predicted molar refractivity (Wildman–Crippen MR) is 37.0 cm³/mol. The van der Waals surface area contributed by atoms with Crippen molar-refractivity contribution in [2.24, 2.45) is 0 Å². The van der Waals surface area contributed by atoms with E-state index < -0.39 is 11.0 Å². The van der Waals surface area contributed by atoms with E-state index >= 15 is 0 Å². The van der Waals surface area contributed by atoms with E-state index in [1.165, 1.54) is 13.0 Å². The highest BCUT2D eigenvalue weighted by molar-refractivity contribution is 4.87. The van der Waals surface area contributed by atoms with Crippen molar-refractivity contribution in [2.45, 2.75) is 26.4 Å². The van der Waals surface area contributed by atoms with Gasteiger partial charge in [0.25, 0.3) is 0 Å². The Morgan fingerprint density at radius 3 is 2.70 bits per heavy atom. The molecule has 0 aromatic rings. The van der Waals surface area contributed by atoms with Gasteiger partial charge in [0.1, 0.15) is 0 Å². The number of hydrogen-bond donors (Lipinski definition) is 1. The van der Waals surface area contributed by atoms with Crippen LogP contribution in [0.3, 0.4) is 0 Å². The molecule has 0 aromatic heterocycles. The van der Waals surface area contributed by atoms with Gasteiger partial charge in [-0.3, -0.25) is 10.1 Å². The SMILES string of the molecule is CC(=CCC(C)O)[N+](=O)[O-]. The van der Waals surface area contributed by atoms with Gasteiger partial charge in [0.05, 0.1) is 11.0 Å². The number of nitrogens with zero attached hydrogens (tertiary/aromatic N) is 1. The fourth-order valence-corrected chi connectivity index (χ4v) is 0.416. The Balaban J connectivity index is 3.81. The summed E-state index contributed by atoms with van der Waals surface area (Å²) in [5.74, 6) is 0. The predicted octanol–water partition coefficient (Wildman–Crippen LogP) is 0.938. The van der Waals surface area contributed by atoms with Crippen LogP contribution in [0.25, 0.3) is 0 Å². The Labute approximate surface area is 59.3 Å². The van der Waals surface area contributed by atoms with Gasteiger partial charge in [-0.2, -0.15) is 0 Å². The van der Waals surface area contributed by atoms with Crippen LogP contribution in [0.4, 0.5) is 0 Å². The van der Waals surface area contributed by atoms with Crippen molar-refractivity contribution in [1.82, 2.24) is 0 Å². The van der Waals surface area contributed by atoms with Gasteiger partial charge < -0.3 is 5.11 Å². The van der Waals surface area contributed by atoms with Crippen LogP contribution in [0.15, 0.2) is 11.8 Å². The molecule has 4 heteroatoms. The number of aliphatic hydroxyl groups is 1. The first kappa shape index (κ1) is 9.10. The molecule has 1 unspecified atom stereocenters. The van der Waals surface area contributed by atoms with E-state index in [0.717, 1.165) is 0 Å². The molecular formula is C6H11NO3. The first-order valence-electron chi connectivity index (χ1n) is 3.03. The lowest BCUT2D eigenvalue weighted by molar-refractivity contribution is -0.424. The lowest BCUT2D eigenvalue weighted by atomic mass is 10.2. The molecule has 0 bridgehead atoms. The van der Waals surface area contributed by atoms with Gasteiger partial charge in [-0.15, -0.1) is 0 Å². The maximum atomic E-state index is 9.97. The highest BCUT2D eigenvalue weighted by Gasteiger charge is 2.01. The number of allylic oxidation sites excluding steroid dienone is 1. The summed E-state index contributed by atoms with van der Waals surface area (Å²) in [5.41, 5.74) is 0.0842. The molecule has 0 fully saturated rings. The number of aliphatic hydroxyl groups excluding tert-OH is 1. The monoisotopic (exact) mass is 145 g/mol. The Hall–Kier alpha value is -0.900. The molecule has 0 saturated carbocycles. The largest absolute Gasteiger partial charge is 0.393 e. The molecule has 0 aliphatic heterocycles. The average molecular weight is 145 g/mol. The van der Waals surface area contributed by atoms with Crippen LogP contribution in [0, 0.1) is 10.1 Å². The van der Waals surface area contributed by atoms with Crippen molar-refractivity contribution in [3.8, 4) is 0 Å². The summed E-state index contributed by atoms with van der Waals surface area (Å²) in [5, 5.41) is 18.7. The molecule has 0 spiro atoms. The molecule has 0 heterocycles. The molecule has 1 atom stereocenters. The number of hydrogen-bond acceptors (Lipinski definition) is 3. The molecule has 0 amide bonds. The molecule has 58 valence electrons. The minimum absolute atomic E-state index is 0.0842. The first-order valence-corrected chi connectivity index (χ1v) is 3.03. The van der Waals surface area contributed by atoms with Gasteiger partial charge in [0, 0.05) is 6.92 Å². The van der Waals surface area contributed by atoms with Crippen molar-refractivity contribution >= 4 is 0 Å². The zero-order valence-electron chi connectivity index (χ0n) is 6.07. The lowest BCUT2D eigenvalue weighted by Crippen LogP contribution is -1.99. The molecule has 0 aromatic carbocycles. The van der Waals surface area contributed by atoms with E-state index in [0.29, 0.717) is 6.42 Å². The third-order valence-corrected chi connectivity index (χ3v) is 1.04. The summed E-state index contributed by atoms with van der Waals surface area (Å²) in [4.78, 5) is 9.50. The van der Waals surface area contributed by atoms with Gasteiger partial charge in [0.2, 0.25) is 5.70 Å². The smallest absolute Gasteiger partial charge is 0.239 e. The summed E-state index contributed by atoms with van der Waals surface area (Å²) in [6, 6.07) is 0. The zero-order valence-corrected chi connectivity index (χ0v) is 6.07. The van der Waals surface area contributed by atoms with Crippen LogP contribution < -0.4 is 0 Å². The molecule has 1 N–H and O–H groups in total. The molecule has 10 heavy (non-hydrogen) atoms.